The van der Waals surface area contributed by atoms with Crippen LogP contribution in [0.3, 0.4) is 0 Å². The van der Waals surface area contributed by atoms with Crippen molar-refractivity contribution in [2.75, 3.05) is 14.2 Å². The van der Waals surface area contributed by atoms with Crippen molar-refractivity contribution in [2.24, 2.45) is 0 Å². The monoisotopic (exact) mass is 223 g/mol. The fourth-order valence-electron chi connectivity index (χ4n) is 1.22. The average molecular weight is 223 g/mol. The lowest BCUT2D eigenvalue weighted by molar-refractivity contribution is -0.155. The van der Waals surface area contributed by atoms with Gasteiger partial charge < -0.3 is 9.47 Å². The zero-order chi connectivity index (χ0) is 12.0. The molecule has 5 nitrogen and oxygen atoms in total. The third-order valence-corrected chi connectivity index (χ3v) is 1.98. The predicted octanol–water partition coefficient (Wildman–Crippen LogP) is 0.842. The van der Waals surface area contributed by atoms with E-state index in [1.54, 1.807) is 18.2 Å². The molecule has 0 bridgehead atoms. The van der Waals surface area contributed by atoms with Crippen LogP contribution in [0.15, 0.2) is 24.4 Å². The summed E-state index contributed by atoms with van der Waals surface area (Å²) in [6.45, 7) is 0. The van der Waals surface area contributed by atoms with Gasteiger partial charge in [-0.2, -0.15) is 0 Å². The lowest BCUT2D eigenvalue weighted by Crippen LogP contribution is -2.27. The molecular formula is C11H13NO4. The lowest BCUT2D eigenvalue weighted by atomic mass is 10.1. The number of nitrogens with zero attached hydrogens (tertiary/aromatic N) is 1. The molecule has 0 aliphatic rings. The standard InChI is InChI=1S/C11H13NO4/c1-15-11(16-2)10(14)7-9(13)8-5-3-4-6-12-8/h3-6,11H,7H2,1-2H3. The number of ether oxygens (including phenoxy) is 2. The summed E-state index contributed by atoms with van der Waals surface area (Å²) >= 11 is 0. The second kappa shape index (κ2) is 6.09. The van der Waals surface area contributed by atoms with Crippen LogP contribution >= 0.6 is 0 Å². The fraction of sp³-hybridized carbons (Fsp3) is 0.364. The van der Waals surface area contributed by atoms with Crippen LogP contribution < -0.4 is 0 Å². The van der Waals surface area contributed by atoms with Gasteiger partial charge in [-0.05, 0) is 12.1 Å². The number of carbonyl (C=O) groups excluding carboxylic acids is 2. The summed E-state index contributed by atoms with van der Waals surface area (Å²) in [4.78, 5) is 26.9. The number of Topliss-reactive ketones (excluding diaryl/α,β-unsaturated/α-hetero) is 2. The van der Waals surface area contributed by atoms with Crippen LogP contribution in [0.5, 0.6) is 0 Å². The molecule has 86 valence electrons. The van der Waals surface area contributed by atoms with Gasteiger partial charge in [0.15, 0.2) is 11.6 Å². The van der Waals surface area contributed by atoms with Gasteiger partial charge in [0.05, 0.1) is 6.42 Å². The highest BCUT2D eigenvalue weighted by Crippen LogP contribution is 2.03. The first-order valence-corrected chi connectivity index (χ1v) is 4.71. The number of hydrogen-bond acceptors (Lipinski definition) is 5. The molecular weight excluding hydrogens is 210 g/mol. The molecule has 0 unspecified atom stereocenters. The Kier molecular flexibility index (Phi) is 4.75. The number of carbonyl (C=O) groups is 2. The smallest absolute Gasteiger partial charge is 0.217 e. The molecule has 16 heavy (non-hydrogen) atoms. The molecule has 0 radical (unpaired) electrons. The van der Waals surface area contributed by atoms with E-state index < -0.39 is 12.1 Å². The zero-order valence-electron chi connectivity index (χ0n) is 9.17. The molecule has 0 saturated heterocycles. The van der Waals surface area contributed by atoms with Crippen molar-refractivity contribution in [3.8, 4) is 0 Å². The Bertz CT molecular complexity index is 360. The quantitative estimate of drug-likeness (QED) is 0.406. The lowest BCUT2D eigenvalue weighted by Gasteiger charge is -2.10. The molecule has 0 saturated carbocycles. The molecule has 0 N–H and O–H groups in total. The SMILES string of the molecule is COC(OC)C(=O)CC(=O)c1ccccn1. The van der Waals surface area contributed by atoms with Gasteiger partial charge in [-0.25, -0.2) is 0 Å². The molecule has 0 aliphatic carbocycles. The van der Waals surface area contributed by atoms with Crippen molar-refractivity contribution >= 4 is 11.6 Å². The molecule has 0 spiro atoms. The Hall–Kier alpha value is -1.59. The maximum absolute atomic E-state index is 11.6. The average Bonchev–Trinajstić information content (AvgIpc) is 2.31. The van der Waals surface area contributed by atoms with Crippen LogP contribution in [0, 0.1) is 0 Å². The topological polar surface area (TPSA) is 65.5 Å². The number of rotatable bonds is 6. The first-order chi connectivity index (χ1) is 7.69. The van der Waals surface area contributed by atoms with E-state index in [1.807, 2.05) is 0 Å². The van der Waals surface area contributed by atoms with Crippen molar-refractivity contribution in [1.29, 1.82) is 0 Å². The largest absolute Gasteiger partial charge is 0.349 e. The van der Waals surface area contributed by atoms with E-state index in [2.05, 4.69) is 4.98 Å². The highest BCUT2D eigenvalue weighted by atomic mass is 16.7. The molecule has 1 rings (SSSR count). The summed E-state index contributed by atoms with van der Waals surface area (Å²) < 4.78 is 9.51. The summed E-state index contributed by atoms with van der Waals surface area (Å²) in [6, 6.07) is 4.95. The Morgan fingerprint density at radius 1 is 1.31 bits per heavy atom. The zero-order valence-corrected chi connectivity index (χ0v) is 9.17. The molecule has 1 aromatic heterocycles. The van der Waals surface area contributed by atoms with Gasteiger partial charge in [-0.3, -0.25) is 14.6 Å². The first-order valence-electron chi connectivity index (χ1n) is 4.71. The van der Waals surface area contributed by atoms with Crippen molar-refractivity contribution < 1.29 is 19.1 Å². The molecule has 5 heteroatoms. The molecule has 1 aromatic rings. The van der Waals surface area contributed by atoms with Gasteiger partial charge >= 0.3 is 0 Å². The van der Waals surface area contributed by atoms with Gasteiger partial charge in [0.1, 0.15) is 5.69 Å². The van der Waals surface area contributed by atoms with E-state index in [0.717, 1.165) is 0 Å². The van der Waals surface area contributed by atoms with Crippen LogP contribution in [0.1, 0.15) is 16.9 Å². The van der Waals surface area contributed by atoms with E-state index in [-0.39, 0.29) is 17.9 Å². The van der Waals surface area contributed by atoms with E-state index >= 15 is 0 Å². The number of ketones is 2. The second-order valence-corrected chi connectivity index (χ2v) is 3.08. The van der Waals surface area contributed by atoms with Crippen LogP contribution in [-0.4, -0.2) is 37.1 Å². The number of hydrogen-bond donors (Lipinski definition) is 0. The van der Waals surface area contributed by atoms with E-state index in [1.165, 1.54) is 20.4 Å². The predicted molar refractivity (Wildman–Crippen MR) is 56.0 cm³/mol. The maximum Gasteiger partial charge on any atom is 0.217 e. The van der Waals surface area contributed by atoms with E-state index in [0.29, 0.717) is 0 Å². The molecule has 0 aliphatic heterocycles. The number of pyridine rings is 1. The van der Waals surface area contributed by atoms with Crippen LogP contribution in [0.25, 0.3) is 0 Å². The summed E-state index contributed by atoms with van der Waals surface area (Å²) in [6.07, 6.45) is 0.234. The number of aromatic nitrogens is 1. The normalized spacial score (nSPS) is 10.4. The molecule has 0 amide bonds. The summed E-state index contributed by atoms with van der Waals surface area (Å²) in [5.41, 5.74) is 0.266. The third kappa shape index (κ3) is 3.22. The van der Waals surface area contributed by atoms with Crippen molar-refractivity contribution in [1.82, 2.24) is 4.98 Å². The minimum atomic E-state index is -0.993. The minimum Gasteiger partial charge on any atom is -0.349 e. The minimum absolute atomic E-state index is 0.266. The van der Waals surface area contributed by atoms with Gasteiger partial charge in [0.25, 0.3) is 0 Å². The Balaban J connectivity index is 2.62. The summed E-state index contributed by atoms with van der Waals surface area (Å²) in [5, 5.41) is 0. The van der Waals surface area contributed by atoms with E-state index in [4.69, 9.17) is 9.47 Å². The second-order valence-electron chi connectivity index (χ2n) is 3.08. The molecule has 0 atom stereocenters. The van der Waals surface area contributed by atoms with Crippen LogP contribution in [0.2, 0.25) is 0 Å². The van der Waals surface area contributed by atoms with Crippen molar-refractivity contribution in [2.45, 2.75) is 12.7 Å². The van der Waals surface area contributed by atoms with Crippen LogP contribution in [0.4, 0.5) is 0 Å². The molecule has 0 aromatic carbocycles. The van der Waals surface area contributed by atoms with Gasteiger partial charge in [0.2, 0.25) is 6.29 Å². The highest BCUT2D eigenvalue weighted by molar-refractivity contribution is 6.07. The first kappa shape index (κ1) is 12.5. The Morgan fingerprint density at radius 2 is 2.00 bits per heavy atom. The maximum atomic E-state index is 11.6. The summed E-state index contributed by atoms with van der Waals surface area (Å²) in [5.74, 6) is -0.759. The molecule has 1 heterocycles. The highest BCUT2D eigenvalue weighted by Gasteiger charge is 2.21. The third-order valence-electron chi connectivity index (χ3n) is 1.98. The van der Waals surface area contributed by atoms with Crippen LogP contribution in [-0.2, 0) is 14.3 Å². The van der Waals surface area contributed by atoms with Gasteiger partial charge in [-0.15, -0.1) is 0 Å². The van der Waals surface area contributed by atoms with Crippen molar-refractivity contribution in [3.05, 3.63) is 30.1 Å². The number of methoxy groups -OCH3 is 2. The van der Waals surface area contributed by atoms with Crippen molar-refractivity contribution in [3.63, 3.8) is 0 Å². The van der Waals surface area contributed by atoms with E-state index in [9.17, 15) is 9.59 Å². The Morgan fingerprint density at radius 3 is 2.50 bits per heavy atom. The Labute approximate surface area is 93.4 Å². The van der Waals surface area contributed by atoms with Gasteiger partial charge in [0, 0.05) is 20.4 Å². The molecule has 0 fully saturated rings. The summed E-state index contributed by atoms with van der Waals surface area (Å²) in [7, 11) is 2.69. The van der Waals surface area contributed by atoms with Gasteiger partial charge in [-0.1, -0.05) is 6.07 Å². The fourth-order valence-corrected chi connectivity index (χ4v) is 1.22.